The maximum Gasteiger partial charge on any atom is 0.244 e. The number of nitrogens with zero attached hydrogens (tertiary/aromatic N) is 5. The van der Waals surface area contributed by atoms with Gasteiger partial charge in [0.1, 0.15) is 0 Å². The highest BCUT2D eigenvalue weighted by molar-refractivity contribution is 5.40. The third kappa shape index (κ3) is 6.14. The van der Waals surface area contributed by atoms with Gasteiger partial charge in [-0.15, -0.1) is 5.10 Å². The molecule has 0 aromatic carbocycles. The SMILES string of the molecule is CCCN(CCC)c1cnnc(NCCCN(C)C)n1. The lowest BCUT2D eigenvalue weighted by Crippen LogP contribution is -2.26. The van der Waals surface area contributed by atoms with E-state index >= 15 is 0 Å². The van der Waals surface area contributed by atoms with Crippen LogP contribution in [0.4, 0.5) is 11.8 Å². The minimum Gasteiger partial charge on any atom is -0.355 e. The first-order chi connectivity index (χ1) is 9.67. The van der Waals surface area contributed by atoms with Gasteiger partial charge in [-0.05, 0) is 39.9 Å². The fourth-order valence-electron chi connectivity index (χ4n) is 2.00. The summed E-state index contributed by atoms with van der Waals surface area (Å²) in [6.07, 6.45) is 5.02. The van der Waals surface area contributed by atoms with Crippen molar-refractivity contribution in [3.63, 3.8) is 0 Å². The highest BCUT2D eigenvalue weighted by atomic mass is 15.3. The molecule has 1 aromatic heterocycles. The average molecular weight is 280 g/mol. The van der Waals surface area contributed by atoms with Crippen LogP contribution in [-0.4, -0.2) is 60.4 Å². The molecule has 1 aromatic rings. The third-order valence-corrected chi connectivity index (χ3v) is 2.92. The van der Waals surface area contributed by atoms with Crippen LogP contribution in [0.3, 0.4) is 0 Å². The van der Waals surface area contributed by atoms with Crippen molar-refractivity contribution in [1.82, 2.24) is 20.1 Å². The van der Waals surface area contributed by atoms with Crippen molar-refractivity contribution in [2.75, 3.05) is 50.5 Å². The normalized spacial score (nSPS) is 10.8. The number of hydrogen-bond donors (Lipinski definition) is 1. The summed E-state index contributed by atoms with van der Waals surface area (Å²) in [5.41, 5.74) is 0. The Morgan fingerprint density at radius 2 is 1.80 bits per heavy atom. The molecule has 0 saturated carbocycles. The molecule has 1 rings (SSSR count). The maximum absolute atomic E-state index is 4.55. The molecule has 114 valence electrons. The Morgan fingerprint density at radius 1 is 1.10 bits per heavy atom. The molecule has 6 heteroatoms. The Morgan fingerprint density at radius 3 is 2.40 bits per heavy atom. The first-order valence-corrected chi connectivity index (χ1v) is 7.50. The Balaban J connectivity index is 2.55. The van der Waals surface area contributed by atoms with Gasteiger partial charge in [0.2, 0.25) is 5.95 Å². The second-order valence-corrected chi connectivity index (χ2v) is 5.21. The molecule has 0 aliphatic heterocycles. The maximum atomic E-state index is 4.55. The lowest BCUT2D eigenvalue weighted by molar-refractivity contribution is 0.405. The van der Waals surface area contributed by atoms with Crippen molar-refractivity contribution in [3.8, 4) is 0 Å². The largest absolute Gasteiger partial charge is 0.355 e. The van der Waals surface area contributed by atoms with Crippen molar-refractivity contribution in [3.05, 3.63) is 6.20 Å². The summed E-state index contributed by atoms with van der Waals surface area (Å²) in [5, 5.41) is 11.3. The molecule has 0 fully saturated rings. The van der Waals surface area contributed by atoms with Crippen LogP contribution in [0, 0.1) is 0 Å². The van der Waals surface area contributed by atoms with Gasteiger partial charge >= 0.3 is 0 Å². The lowest BCUT2D eigenvalue weighted by Gasteiger charge is -2.22. The van der Waals surface area contributed by atoms with Gasteiger partial charge in [0.15, 0.2) is 5.82 Å². The molecule has 0 aliphatic rings. The van der Waals surface area contributed by atoms with Gasteiger partial charge in [-0.25, -0.2) is 0 Å². The van der Waals surface area contributed by atoms with E-state index in [0.29, 0.717) is 5.95 Å². The Kier molecular flexibility index (Phi) is 7.87. The summed E-state index contributed by atoms with van der Waals surface area (Å²) in [7, 11) is 4.15. The molecule has 0 unspecified atom stereocenters. The molecule has 0 radical (unpaired) electrons. The lowest BCUT2D eigenvalue weighted by atomic mass is 10.3. The Bertz CT molecular complexity index is 362. The van der Waals surface area contributed by atoms with Crippen LogP contribution in [-0.2, 0) is 0 Å². The second-order valence-electron chi connectivity index (χ2n) is 5.21. The zero-order valence-corrected chi connectivity index (χ0v) is 13.3. The molecule has 0 bridgehead atoms. The van der Waals surface area contributed by atoms with E-state index in [9.17, 15) is 0 Å². The molecular weight excluding hydrogens is 252 g/mol. The first-order valence-electron chi connectivity index (χ1n) is 7.50. The fraction of sp³-hybridized carbons (Fsp3) is 0.786. The summed E-state index contributed by atoms with van der Waals surface area (Å²) in [6, 6.07) is 0. The molecule has 0 amide bonds. The monoisotopic (exact) mass is 280 g/mol. The predicted molar refractivity (Wildman–Crippen MR) is 84.3 cm³/mol. The number of aromatic nitrogens is 3. The summed E-state index contributed by atoms with van der Waals surface area (Å²) >= 11 is 0. The number of nitrogens with one attached hydrogen (secondary N) is 1. The van der Waals surface area contributed by atoms with Gasteiger partial charge < -0.3 is 15.1 Å². The van der Waals surface area contributed by atoms with E-state index in [0.717, 1.165) is 51.3 Å². The first kappa shape index (κ1) is 16.6. The van der Waals surface area contributed by atoms with E-state index in [4.69, 9.17) is 0 Å². The fourth-order valence-corrected chi connectivity index (χ4v) is 2.00. The minimum atomic E-state index is 0.624. The summed E-state index contributed by atoms with van der Waals surface area (Å²) in [4.78, 5) is 8.99. The zero-order chi connectivity index (χ0) is 14.8. The van der Waals surface area contributed by atoms with Gasteiger partial charge in [-0.3, -0.25) is 0 Å². The molecule has 0 atom stereocenters. The zero-order valence-electron chi connectivity index (χ0n) is 13.3. The number of anilines is 2. The van der Waals surface area contributed by atoms with E-state index in [1.807, 2.05) is 0 Å². The van der Waals surface area contributed by atoms with Gasteiger partial charge in [-0.2, -0.15) is 10.1 Å². The van der Waals surface area contributed by atoms with Gasteiger partial charge in [0.25, 0.3) is 0 Å². The van der Waals surface area contributed by atoms with Crippen LogP contribution in [0.15, 0.2) is 6.20 Å². The number of rotatable bonds is 10. The quantitative estimate of drug-likeness (QED) is 0.660. The standard InChI is InChI=1S/C14H28N6/c1-5-9-20(10-6-2)13-12-16-18-14(17-13)15-8-7-11-19(3)4/h12H,5-11H2,1-4H3,(H,15,17,18). The predicted octanol–water partition coefficient (Wildman–Crippen LogP) is 1.86. The Hall–Kier alpha value is -1.43. The summed E-state index contributed by atoms with van der Waals surface area (Å²) in [6.45, 7) is 8.29. The molecule has 0 saturated heterocycles. The second kappa shape index (κ2) is 9.47. The van der Waals surface area contributed by atoms with E-state index in [-0.39, 0.29) is 0 Å². The molecule has 6 nitrogen and oxygen atoms in total. The van der Waals surface area contributed by atoms with Gasteiger partial charge in [-0.1, -0.05) is 13.8 Å². The van der Waals surface area contributed by atoms with Crippen LogP contribution in [0.1, 0.15) is 33.1 Å². The van der Waals surface area contributed by atoms with E-state index in [1.54, 1.807) is 6.20 Å². The Labute approximate surface area is 122 Å². The van der Waals surface area contributed by atoms with Crippen LogP contribution >= 0.6 is 0 Å². The minimum absolute atomic E-state index is 0.624. The molecule has 20 heavy (non-hydrogen) atoms. The van der Waals surface area contributed by atoms with Crippen molar-refractivity contribution in [2.45, 2.75) is 33.1 Å². The average Bonchev–Trinajstić information content (AvgIpc) is 2.43. The highest BCUT2D eigenvalue weighted by Crippen LogP contribution is 2.11. The van der Waals surface area contributed by atoms with E-state index in [2.05, 4.69) is 58.2 Å². The van der Waals surface area contributed by atoms with E-state index < -0.39 is 0 Å². The van der Waals surface area contributed by atoms with Crippen molar-refractivity contribution in [2.24, 2.45) is 0 Å². The molecule has 0 spiro atoms. The molecular formula is C14H28N6. The molecule has 0 aliphatic carbocycles. The smallest absolute Gasteiger partial charge is 0.244 e. The van der Waals surface area contributed by atoms with Crippen molar-refractivity contribution >= 4 is 11.8 Å². The van der Waals surface area contributed by atoms with Crippen LogP contribution in [0.5, 0.6) is 0 Å². The molecule has 1 heterocycles. The van der Waals surface area contributed by atoms with E-state index in [1.165, 1.54) is 0 Å². The van der Waals surface area contributed by atoms with Crippen LogP contribution in [0.25, 0.3) is 0 Å². The number of hydrogen-bond acceptors (Lipinski definition) is 6. The summed E-state index contributed by atoms with van der Waals surface area (Å²) < 4.78 is 0. The molecule has 1 N–H and O–H groups in total. The third-order valence-electron chi connectivity index (χ3n) is 2.92. The van der Waals surface area contributed by atoms with Crippen molar-refractivity contribution in [1.29, 1.82) is 0 Å². The topological polar surface area (TPSA) is 57.2 Å². The van der Waals surface area contributed by atoms with Gasteiger partial charge in [0, 0.05) is 19.6 Å². The van der Waals surface area contributed by atoms with Crippen LogP contribution < -0.4 is 10.2 Å². The highest BCUT2D eigenvalue weighted by Gasteiger charge is 2.08. The van der Waals surface area contributed by atoms with Crippen molar-refractivity contribution < 1.29 is 0 Å². The van der Waals surface area contributed by atoms with Gasteiger partial charge in [0.05, 0.1) is 6.20 Å². The summed E-state index contributed by atoms with van der Waals surface area (Å²) in [5.74, 6) is 1.54. The van der Waals surface area contributed by atoms with Crippen LogP contribution in [0.2, 0.25) is 0 Å².